The molecule has 0 fully saturated rings. The van der Waals surface area contributed by atoms with Gasteiger partial charge >= 0.3 is 11.9 Å². The van der Waals surface area contributed by atoms with Crippen molar-refractivity contribution in [2.75, 3.05) is 0 Å². The van der Waals surface area contributed by atoms with Gasteiger partial charge in [0.25, 0.3) is 0 Å². The van der Waals surface area contributed by atoms with Crippen molar-refractivity contribution in [3.8, 4) is 0 Å². The Hall–Kier alpha value is -2.95. The summed E-state index contributed by atoms with van der Waals surface area (Å²) in [6, 6.07) is 6.00. The third-order valence-corrected chi connectivity index (χ3v) is 3.60. The average Bonchev–Trinajstić information content (AvgIpc) is 2.42. The number of ketones is 1. The van der Waals surface area contributed by atoms with Gasteiger partial charge in [-0.05, 0) is 24.3 Å². The molecule has 0 bridgehead atoms. The number of carbonyl (C=O) groups is 3. The molecule has 1 N–H and O–H groups in total. The lowest BCUT2D eigenvalue weighted by molar-refractivity contribution is 0.0391. The first kappa shape index (κ1) is 10.9. The second-order valence-electron chi connectivity index (χ2n) is 4.64. The maximum Gasteiger partial charge on any atom is 0.346 e. The number of esters is 2. The van der Waals surface area contributed by atoms with Gasteiger partial charge in [-0.3, -0.25) is 4.79 Å². The normalized spacial score (nSPS) is 16.2. The topological polar surface area (TPSA) is 80.7 Å². The van der Waals surface area contributed by atoms with E-state index >= 15 is 0 Å². The minimum atomic E-state index is -0.743. The molecule has 5 heteroatoms. The van der Waals surface area contributed by atoms with Crippen LogP contribution in [0.5, 0.6) is 0 Å². The van der Waals surface area contributed by atoms with E-state index in [1.54, 1.807) is 6.07 Å². The minimum absolute atomic E-state index is 0.169. The maximum absolute atomic E-state index is 11.9. The zero-order chi connectivity index (χ0) is 14.0. The number of aliphatic hydroxyl groups is 1. The van der Waals surface area contributed by atoms with Crippen molar-refractivity contribution < 1.29 is 24.2 Å². The molecule has 0 unspecified atom stereocenters. The van der Waals surface area contributed by atoms with Crippen LogP contribution in [-0.4, -0.2) is 22.8 Å². The van der Waals surface area contributed by atoms with Crippen LogP contribution < -0.4 is 0 Å². The van der Waals surface area contributed by atoms with E-state index in [9.17, 15) is 19.5 Å². The van der Waals surface area contributed by atoms with Crippen LogP contribution >= 0.6 is 0 Å². The Morgan fingerprint density at radius 2 is 1.25 bits per heavy atom. The summed E-state index contributed by atoms with van der Waals surface area (Å²) in [5.74, 6) is -2.01. The summed E-state index contributed by atoms with van der Waals surface area (Å²) in [4.78, 5) is 35.5. The lowest BCUT2D eigenvalue weighted by atomic mass is 9.86. The summed E-state index contributed by atoms with van der Waals surface area (Å²) in [5, 5.41) is 10.7. The van der Waals surface area contributed by atoms with Crippen molar-refractivity contribution in [1.29, 1.82) is 0 Å². The molecule has 2 aliphatic rings. The number of hydrogen-bond donors (Lipinski definition) is 1. The van der Waals surface area contributed by atoms with Crippen molar-refractivity contribution in [3.63, 3.8) is 0 Å². The second kappa shape index (κ2) is 3.33. The van der Waals surface area contributed by atoms with Gasteiger partial charge in [-0.25, -0.2) is 9.59 Å². The molecule has 1 heterocycles. The van der Waals surface area contributed by atoms with E-state index in [-0.39, 0.29) is 22.7 Å². The summed E-state index contributed by atoms with van der Waals surface area (Å²) in [6.45, 7) is 0. The fraction of sp³-hybridized carbons (Fsp3) is 0. The van der Waals surface area contributed by atoms with Gasteiger partial charge in [-0.1, -0.05) is 0 Å². The molecule has 20 heavy (non-hydrogen) atoms. The van der Waals surface area contributed by atoms with Crippen molar-refractivity contribution in [1.82, 2.24) is 0 Å². The number of benzene rings is 2. The molecule has 0 saturated carbocycles. The SMILES string of the molecule is O=C1C=C(O)c2ccc3c4c(ccc1c24)C(=O)OC3=O. The van der Waals surface area contributed by atoms with Crippen molar-refractivity contribution >= 4 is 34.3 Å². The number of cyclic esters (lactones) is 2. The van der Waals surface area contributed by atoms with Crippen molar-refractivity contribution in [2.24, 2.45) is 0 Å². The fourth-order valence-corrected chi connectivity index (χ4v) is 2.73. The van der Waals surface area contributed by atoms with Gasteiger partial charge in [0.1, 0.15) is 5.76 Å². The molecule has 2 aromatic carbocycles. The van der Waals surface area contributed by atoms with Gasteiger partial charge in [0, 0.05) is 28.0 Å². The van der Waals surface area contributed by atoms with Crippen LogP contribution in [0, 0.1) is 0 Å². The zero-order valence-electron chi connectivity index (χ0n) is 9.97. The van der Waals surface area contributed by atoms with Gasteiger partial charge in [0.05, 0.1) is 11.1 Å². The standard InChI is InChI=1S/C15H6O5/c16-10-5-11(17)7-2-4-9-13-8(14(18)20-15(9)19)3-1-6(10)12(7)13/h1-5,16H. The van der Waals surface area contributed by atoms with E-state index < -0.39 is 11.9 Å². The summed E-state index contributed by atoms with van der Waals surface area (Å²) >= 11 is 0. The Bertz CT molecular complexity index is 852. The van der Waals surface area contributed by atoms with E-state index in [1.165, 1.54) is 18.2 Å². The molecule has 0 saturated heterocycles. The highest BCUT2D eigenvalue weighted by Crippen LogP contribution is 2.38. The molecule has 1 aliphatic carbocycles. The number of aliphatic hydroxyl groups excluding tert-OH is 1. The molecule has 5 nitrogen and oxygen atoms in total. The highest BCUT2D eigenvalue weighted by atomic mass is 16.6. The molecule has 4 rings (SSSR count). The molecule has 0 radical (unpaired) electrons. The Labute approximate surface area is 112 Å². The largest absolute Gasteiger partial charge is 0.507 e. The first-order valence-corrected chi connectivity index (χ1v) is 5.89. The van der Waals surface area contributed by atoms with E-state index in [2.05, 4.69) is 4.74 Å². The molecule has 0 amide bonds. The molecule has 0 atom stereocenters. The molecule has 2 aromatic rings. The van der Waals surface area contributed by atoms with Gasteiger partial charge in [-0.15, -0.1) is 0 Å². The third kappa shape index (κ3) is 1.14. The Balaban J connectivity index is 2.30. The second-order valence-corrected chi connectivity index (χ2v) is 4.64. The quantitative estimate of drug-likeness (QED) is 0.584. The third-order valence-electron chi connectivity index (χ3n) is 3.60. The van der Waals surface area contributed by atoms with Gasteiger partial charge in [-0.2, -0.15) is 0 Å². The summed E-state index contributed by atoms with van der Waals surface area (Å²) < 4.78 is 4.65. The smallest absolute Gasteiger partial charge is 0.346 e. The number of hydrogen-bond acceptors (Lipinski definition) is 5. The number of carbonyl (C=O) groups excluding carboxylic acids is 3. The monoisotopic (exact) mass is 266 g/mol. The fourth-order valence-electron chi connectivity index (χ4n) is 2.73. The van der Waals surface area contributed by atoms with Crippen LogP contribution in [0.3, 0.4) is 0 Å². The summed E-state index contributed by atoms with van der Waals surface area (Å²) in [6.07, 6.45) is 1.13. The van der Waals surface area contributed by atoms with Crippen molar-refractivity contribution in [3.05, 3.63) is 52.6 Å². The minimum Gasteiger partial charge on any atom is -0.507 e. The summed E-state index contributed by atoms with van der Waals surface area (Å²) in [5.41, 5.74) is 1.24. The predicted octanol–water partition coefficient (Wildman–Crippen LogP) is 2.25. The van der Waals surface area contributed by atoms with Crippen LogP contribution in [0.25, 0.3) is 16.5 Å². The van der Waals surface area contributed by atoms with E-state index in [0.29, 0.717) is 21.9 Å². The predicted molar refractivity (Wildman–Crippen MR) is 68.6 cm³/mol. The number of rotatable bonds is 0. The van der Waals surface area contributed by atoms with E-state index in [1.807, 2.05) is 0 Å². The lowest BCUT2D eigenvalue weighted by Crippen LogP contribution is -2.21. The molecular weight excluding hydrogens is 260 g/mol. The van der Waals surface area contributed by atoms with Crippen LogP contribution in [0.4, 0.5) is 0 Å². The Morgan fingerprint density at radius 1 is 0.750 bits per heavy atom. The summed E-state index contributed by atoms with van der Waals surface area (Å²) in [7, 11) is 0. The number of allylic oxidation sites excluding steroid dienone is 1. The van der Waals surface area contributed by atoms with E-state index in [4.69, 9.17) is 0 Å². The molecule has 96 valence electrons. The highest BCUT2D eigenvalue weighted by Gasteiger charge is 2.32. The average molecular weight is 266 g/mol. The van der Waals surface area contributed by atoms with Crippen LogP contribution in [0.2, 0.25) is 0 Å². The highest BCUT2D eigenvalue weighted by molar-refractivity contribution is 6.28. The van der Waals surface area contributed by atoms with Gasteiger partial charge in [0.2, 0.25) is 0 Å². The molecule has 0 aromatic heterocycles. The molecular formula is C15H6O5. The van der Waals surface area contributed by atoms with Crippen LogP contribution in [0.15, 0.2) is 30.3 Å². The van der Waals surface area contributed by atoms with Gasteiger partial charge < -0.3 is 9.84 Å². The van der Waals surface area contributed by atoms with Crippen LogP contribution in [0.1, 0.15) is 36.6 Å². The van der Waals surface area contributed by atoms with Crippen molar-refractivity contribution in [2.45, 2.75) is 0 Å². The zero-order valence-corrected chi connectivity index (χ0v) is 9.97. The first-order valence-electron chi connectivity index (χ1n) is 5.89. The molecule has 0 spiro atoms. The van der Waals surface area contributed by atoms with E-state index in [0.717, 1.165) is 6.08 Å². The van der Waals surface area contributed by atoms with Gasteiger partial charge in [0.15, 0.2) is 5.78 Å². The maximum atomic E-state index is 11.9. The Kier molecular flexibility index (Phi) is 1.82. The lowest BCUT2D eigenvalue weighted by Gasteiger charge is -2.21. The molecule has 1 aliphatic heterocycles. The Morgan fingerprint density at radius 3 is 1.90 bits per heavy atom. The van der Waals surface area contributed by atoms with Crippen LogP contribution in [-0.2, 0) is 4.74 Å². The first-order chi connectivity index (χ1) is 9.58. The number of ether oxygens (including phenoxy) is 1.